The zero-order valence-corrected chi connectivity index (χ0v) is 12.4. The third-order valence-electron chi connectivity index (χ3n) is 2.84. The highest BCUT2D eigenvalue weighted by Crippen LogP contribution is 2.14. The molecule has 1 aromatic heterocycles. The Morgan fingerprint density at radius 2 is 2.00 bits per heavy atom. The molecule has 0 aliphatic heterocycles. The van der Waals surface area contributed by atoms with Crippen LogP contribution in [0, 0.1) is 6.92 Å². The number of hydrogen-bond acceptors (Lipinski definition) is 5. The largest absolute Gasteiger partial charge is 0.479 e. The van der Waals surface area contributed by atoms with Gasteiger partial charge in [-0.25, -0.2) is 4.79 Å². The smallest absolute Gasteiger partial charge is 0.374 e. The maximum Gasteiger partial charge on any atom is 0.374 e. The van der Waals surface area contributed by atoms with Gasteiger partial charge < -0.3 is 15.3 Å². The number of oxime groups is 1. The van der Waals surface area contributed by atoms with Gasteiger partial charge in [0.25, 0.3) is 0 Å². The molecule has 114 valence electrons. The highest BCUT2D eigenvalue weighted by Gasteiger charge is 2.17. The van der Waals surface area contributed by atoms with Crippen molar-refractivity contribution in [3.8, 4) is 5.75 Å². The lowest BCUT2D eigenvalue weighted by atomic mass is 10.2. The van der Waals surface area contributed by atoms with E-state index in [2.05, 4.69) is 10.1 Å². The number of benzene rings is 1. The number of aryl methyl sites for hydroxylation is 1. The second kappa shape index (κ2) is 7.21. The molecular formula is C16H17N3O3. The van der Waals surface area contributed by atoms with Gasteiger partial charge in [-0.15, -0.1) is 0 Å². The molecule has 0 saturated heterocycles. The summed E-state index contributed by atoms with van der Waals surface area (Å²) in [5.74, 6) is 0.0625. The predicted molar refractivity (Wildman–Crippen MR) is 82.3 cm³/mol. The van der Waals surface area contributed by atoms with E-state index in [4.69, 9.17) is 15.3 Å². The molecule has 1 heterocycles. The summed E-state index contributed by atoms with van der Waals surface area (Å²) >= 11 is 0. The fraction of sp³-hybridized carbons (Fsp3) is 0.188. The number of ether oxygens (including phenoxy) is 1. The Morgan fingerprint density at radius 1 is 1.27 bits per heavy atom. The molecule has 2 aromatic rings. The second-order valence-corrected chi connectivity index (χ2v) is 4.70. The van der Waals surface area contributed by atoms with Crippen molar-refractivity contribution in [3.63, 3.8) is 0 Å². The molecule has 2 N–H and O–H groups in total. The molecule has 0 spiro atoms. The molecule has 2 rings (SSSR count). The minimum Gasteiger partial charge on any atom is -0.479 e. The molecule has 22 heavy (non-hydrogen) atoms. The molecule has 1 atom stereocenters. The topological polar surface area (TPSA) is 86.8 Å². The van der Waals surface area contributed by atoms with Gasteiger partial charge in [0.2, 0.25) is 0 Å². The fourth-order valence-electron chi connectivity index (χ4n) is 1.68. The van der Waals surface area contributed by atoms with E-state index in [0.717, 1.165) is 5.56 Å². The standard InChI is InChI=1S/C16H17N3O3/c1-11-4-3-5-14(10-11)21-12(2)16(20)22-19-15(17)13-6-8-18-9-7-13/h3-10,12H,1-2H3,(H2,17,19). The molecule has 6 nitrogen and oxygen atoms in total. The van der Waals surface area contributed by atoms with E-state index in [9.17, 15) is 4.79 Å². The number of pyridine rings is 1. The minimum atomic E-state index is -0.796. The van der Waals surface area contributed by atoms with Crippen LogP contribution in [-0.2, 0) is 9.63 Å². The first-order chi connectivity index (χ1) is 10.6. The van der Waals surface area contributed by atoms with Gasteiger partial charge in [-0.2, -0.15) is 0 Å². The SMILES string of the molecule is Cc1cccc(OC(C)C(=O)ON=C(N)c2ccncc2)c1. The summed E-state index contributed by atoms with van der Waals surface area (Å²) in [6.45, 7) is 3.53. The summed E-state index contributed by atoms with van der Waals surface area (Å²) in [7, 11) is 0. The van der Waals surface area contributed by atoms with E-state index in [1.54, 1.807) is 37.5 Å². The van der Waals surface area contributed by atoms with Crippen LogP contribution >= 0.6 is 0 Å². The highest BCUT2D eigenvalue weighted by molar-refractivity contribution is 5.97. The molecule has 0 saturated carbocycles. The Balaban J connectivity index is 1.94. The molecule has 0 radical (unpaired) electrons. The Hall–Kier alpha value is -2.89. The third kappa shape index (κ3) is 4.31. The van der Waals surface area contributed by atoms with E-state index >= 15 is 0 Å². The monoisotopic (exact) mass is 299 g/mol. The lowest BCUT2D eigenvalue weighted by Crippen LogP contribution is -2.26. The van der Waals surface area contributed by atoms with Crippen LogP contribution in [0.3, 0.4) is 0 Å². The van der Waals surface area contributed by atoms with Crippen LogP contribution in [0.25, 0.3) is 0 Å². The number of amidine groups is 1. The van der Waals surface area contributed by atoms with Crippen LogP contribution in [-0.4, -0.2) is 22.9 Å². The summed E-state index contributed by atoms with van der Waals surface area (Å²) in [6, 6.07) is 10.7. The quantitative estimate of drug-likeness (QED) is 0.395. The van der Waals surface area contributed by atoms with Gasteiger partial charge >= 0.3 is 5.97 Å². The summed E-state index contributed by atoms with van der Waals surface area (Å²) in [6.07, 6.45) is 2.35. The van der Waals surface area contributed by atoms with Crippen molar-refractivity contribution in [3.05, 3.63) is 59.9 Å². The molecule has 6 heteroatoms. The number of aromatic nitrogens is 1. The molecule has 0 aliphatic carbocycles. The number of hydrogen-bond donors (Lipinski definition) is 1. The van der Waals surface area contributed by atoms with E-state index in [-0.39, 0.29) is 5.84 Å². The van der Waals surface area contributed by atoms with Crippen molar-refractivity contribution in [2.45, 2.75) is 20.0 Å². The highest BCUT2D eigenvalue weighted by atomic mass is 16.7. The Labute approximate surface area is 128 Å². The van der Waals surface area contributed by atoms with E-state index < -0.39 is 12.1 Å². The summed E-state index contributed by atoms with van der Waals surface area (Å²) in [5, 5.41) is 3.61. The second-order valence-electron chi connectivity index (χ2n) is 4.70. The van der Waals surface area contributed by atoms with Crippen molar-refractivity contribution in [1.82, 2.24) is 4.98 Å². The van der Waals surface area contributed by atoms with Crippen molar-refractivity contribution < 1.29 is 14.4 Å². The molecule has 0 amide bonds. The van der Waals surface area contributed by atoms with Crippen molar-refractivity contribution in [1.29, 1.82) is 0 Å². The number of carbonyl (C=O) groups is 1. The Kier molecular flexibility index (Phi) is 5.08. The molecule has 0 aliphatic rings. The van der Waals surface area contributed by atoms with Gasteiger partial charge in [-0.05, 0) is 43.7 Å². The van der Waals surface area contributed by atoms with Crippen LogP contribution in [0.1, 0.15) is 18.1 Å². The van der Waals surface area contributed by atoms with Gasteiger partial charge in [-0.1, -0.05) is 17.3 Å². The van der Waals surface area contributed by atoms with Gasteiger partial charge in [-0.3, -0.25) is 4.98 Å². The molecule has 1 aromatic carbocycles. The predicted octanol–water partition coefficient (Wildman–Crippen LogP) is 2.02. The van der Waals surface area contributed by atoms with E-state index in [1.165, 1.54) is 0 Å². The van der Waals surface area contributed by atoms with Gasteiger partial charge in [0.1, 0.15) is 5.75 Å². The molecule has 1 unspecified atom stereocenters. The first-order valence-electron chi connectivity index (χ1n) is 6.74. The average Bonchev–Trinajstić information content (AvgIpc) is 2.53. The van der Waals surface area contributed by atoms with Crippen LogP contribution in [0.5, 0.6) is 5.75 Å². The van der Waals surface area contributed by atoms with Crippen molar-refractivity contribution in [2.24, 2.45) is 10.9 Å². The van der Waals surface area contributed by atoms with Crippen molar-refractivity contribution in [2.75, 3.05) is 0 Å². The normalized spacial score (nSPS) is 12.5. The zero-order chi connectivity index (χ0) is 15.9. The van der Waals surface area contributed by atoms with E-state index in [1.807, 2.05) is 25.1 Å². The third-order valence-corrected chi connectivity index (χ3v) is 2.84. The zero-order valence-electron chi connectivity index (χ0n) is 12.4. The summed E-state index contributed by atoms with van der Waals surface area (Å²) < 4.78 is 5.50. The van der Waals surface area contributed by atoms with Crippen LogP contribution in [0.15, 0.2) is 53.9 Å². The lowest BCUT2D eigenvalue weighted by Gasteiger charge is -2.12. The van der Waals surface area contributed by atoms with Gasteiger partial charge in [0.05, 0.1) is 0 Å². The van der Waals surface area contributed by atoms with Gasteiger partial charge in [0.15, 0.2) is 11.9 Å². The molecule has 0 fully saturated rings. The Bertz CT molecular complexity index is 671. The van der Waals surface area contributed by atoms with Crippen LogP contribution in [0.2, 0.25) is 0 Å². The van der Waals surface area contributed by atoms with Crippen LogP contribution in [0.4, 0.5) is 0 Å². The summed E-state index contributed by atoms with van der Waals surface area (Å²) in [4.78, 5) is 20.5. The first kappa shape index (κ1) is 15.5. The first-order valence-corrected chi connectivity index (χ1v) is 6.74. The maximum absolute atomic E-state index is 11.8. The minimum absolute atomic E-state index is 0.0958. The van der Waals surface area contributed by atoms with Crippen molar-refractivity contribution >= 4 is 11.8 Å². The molecular weight excluding hydrogens is 282 g/mol. The maximum atomic E-state index is 11.8. The van der Waals surface area contributed by atoms with E-state index in [0.29, 0.717) is 11.3 Å². The van der Waals surface area contributed by atoms with Crippen LogP contribution < -0.4 is 10.5 Å². The van der Waals surface area contributed by atoms with Gasteiger partial charge in [0, 0.05) is 18.0 Å². The Morgan fingerprint density at radius 3 is 2.68 bits per heavy atom. The molecule has 0 bridgehead atoms. The number of nitrogens with zero attached hydrogens (tertiary/aromatic N) is 2. The lowest BCUT2D eigenvalue weighted by molar-refractivity contribution is -0.151. The number of carbonyl (C=O) groups excluding carboxylic acids is 1. The number of rotatable bonds is 5. The number of nitrogens with two attached hydrogens (primary N) is 1. The fourth-order valence-corrected chi connectivity index (χ4v) is 1.68. The average molecular weight is 299 g/mol. The summed E-state index contributed by atoms with van der Waals surface area (Å²) in [5.41, 5.74) is 7.38.